The van der Waals surface area contributed by atoms with Crippen LogP contribution in [0.3, 0.4) is 0 Å². The molecule has 25 heavy (non-hydrogen) atoms. The lowest BCUT2D eigenvalue weighted by atomic mass is 10.3. The number of amides is 1. The molecule has 0 bridgehead atoms. The predicted molar refractivity (Wildman–Crippen MR) is 102 cm³/mol. The van der Waals surface area contributed by atoms with Gasteiger partial charge < -0.3 is 20.3 Å². The van der Waals surface area contributed by atoms with Crippen LogP contribution >= 0.6 is 11.8 Å². The Morgan fingerprint density at radius 2 is 2.00 bits per heavy atom. The quantitative estimate of drug-likeness (QED) is 0.393. The molecule has 0 heterocycles. The standard InChI is InChI=1S/C17H27FN4O2S/c1-13(24-15-7-5-14(18)6-8-15)11-20-17(19-9-10-25-4)21-12-16(23)22(2)3/h5-8,13H,9-12H2,1-4H3,(H2,19,20,21). The number of nitrogens with one attached hydrogen (secondary N) is 2. The molecule has 8 heteroatoms. The smallest absolute Gasteiger partial charge is 0.243 e. The predicted octanol–water partition coefficient (Wildman–Crippen LogP) is 1.58. The highest BCUT2D eigenvalue weighted by Crippen LogP contribution is 2.12. The van der Waals surface area contributed by atoms with Crippen LogP contribution in [0.25, 0.3) is 0 Å². The van der Waals surface area contributed by atoms with Gasteiger partial charge in [-0.3, -0.25) is 4.79 Å². The first-order chi connectivity index (χ1) is 11.9. The summed E-state index contributed by atoms with van der Waals surface area (Å²) in [6.45, 7) is 3.23. The Balaban J connectivity index is 2.52. The first kappa shape index (κ1) is 21.1. The van der Waals surface area contributed by atoms with Gasteiger partial charge in [0, 0.05) is 26.4 Å². The number of aliphatic imine (C=N–C) groups is 1. The zero-order valence-corrected chi connectivity index (χ0v) is 16.0. The zero-order valence-electron chi connectivity index (χ0n) is 15.2. The fourth-order valence-corrected chi connectivity index (χ4v) is 2.07. The van der Waals surface area contributed by atoms with E-state index in [1.165, 1.54) is 17.0 Å². The van der Waals surface area contributed by atoms with Crippen LogP contribution in [0.5, 0.6) is 5.75 Å². The second-order valence-corrected chi connectivity index (χ2v) is 6.62. The lowest BCUT2D eigenvalue weighted by molar-refractivity contribution is -0.127. The molecule has 0 fully saturated rings. The molecule has 1 rings (SSSR count). The molecule has 1 amide bonds. The molecule has 1 unspecified atom stereocenters. The van der Waals surface area contributed by atoms with E-state index >= 15 is 0 Å². The maximum atomic E-state index is 12.9. The number of ether oxygens (including phenoxy) is 1. The summed E-state index contributed by atoms with van der Waals surface area (Å²) in [7, 11) is 3.40. The van der Waals surface area contributed by atoms with Crippen LogP contribution in [-0.2, 0) is 4.79 Å². The van der Waals surface area contributed by atoms with Gasteiger partial charge >= 0.3 is 0 Å². The minimum absolute atomic E-state index is 0.0680. The van der Waals surface area contributed by atoms with Crippen LogP contribution < -0.4 is 15.4 Å². The van der Waals surface area contributed by atoms with Crippen LogP contribution in [0, 0.1) is 5.82 Å². The molecule has 1 aromatic rings. The van der Waals surface area contributed by atoms with Crippen molar-refractivity contribution < 1.29 is 13.9 Å². The summed E-state index contributed by atoms with van der Waals surface area (Å²) < 4.78 is 18.6. The Labute approximate surface area is 153 Å². The van der Waals surface area contributed by atoms with E-state index in [1.807, 2.05) is 13.2 Å². The molecule has 0 saturated carbocycles. The van der Waals surface area contributed by atoms with Crippen molar-refractivity contribution in [2.45, 2.75) is 13.0 Å². The van der Waals surface area contributed by atoms with Gasteiger partial charge in [-0.05, 0) is 37.4 Å². The first-order valence-corrected chi connectivity index (χ1v) is 9.45. The molecular weight excluding hydrogens is 343 g/mol. The number of hydrogen-bond donors (Lipinski definition) is 2. The van der Waals surface area contributed by atoms with E-state index < -0.39 is 0 Å². The van der Waals surface area contributed by atoms with Crippen molar-refractivity contribution in [3.05, 3.63) is 30.1 Å². The molecule has 6 nitrogen and oxygen atoms in total. The lowest BCUT2D eigenvalue weighted by Crippen LogP contribution is -2.43. The molecule has 1 atom stereocenters. The van der Waals surface area contributed by atoms with Gasteiger partial charge in [0.15, 0.2) is 5.96 Å². The van der Waals surface area contributed by atoms with Gasteiger partial charge in [0.05, 0.1) is 6.54 Å². The molecule has 0 spiro atoms. The number of likely N-dealkylation sites (N-methyl/N-ethyl adjacent to an activating group) is 1. The second-order valence-electron chi connectivity index (χ2n) is 5.64. The number of hydrogen-bond acceptors (Lipinski definition) is 4. The summed E-state index contributed by atoms with van der Waals surface area (Å²) >= 11 is 1.72. The minimum atomic E-state index is -0.295. The van der Waals surface area contributed by atoms with Crippen molar-refractivity contribution in [1.29, 1.82) is 0 Å². The third kappa shape index (κ3) is 9.19. The Morgan fingerprint density at radius 1 is 1.32 bits per heavy atom. The van der Waals surface area contributed by atoms with Gasteiger partial charge in [-0.15, -0.1) is 0 Å². The van der Waals surface area contributed by atoms with Crippen LogP contribution in [0.15, 0.2) is 29.3 Å². The van der Waals surface area contributed by atoms with Crippen molar-refractivity contribution in [3.63, 3.8) is 0 Å². The molecule has 0 aliphatic rings. The molecule has 2 N–H and O–H groups in total. The first-order valence-electron chi connectivity index (χ1n) is 8.06. The van der Waals surface area contributed by atoms with E-state index in [0.717, 1.165) is 12.3 Å². The van der Waals surface area contributed by atoms with Crippen molar-refractivity contribution >= 4 is 23.6 Å². The van der Waals surface area contributed by atoms with Gasteiger partial charge in [-0.1, -0.05) is 0 Å². The Bertz CT molecular complexity index is 552. The molecule has 1 aromatic carbocycles. The van der Waals surface area contributed by atoms with E-state index in [4.69, 9.17) is 4.74 Å². The van der Waals surface area contributed by atoms with Crippen LogP contribution in [0.4, 0.5) is 4.39 Å². The van der Waals surface area contributed by atoms with Crippen molar-refractivity contribution in [2.24, 2.45) is 4.99 Å². The molecular formula is C17H27FN4O2S. The second kappa shape index (κ2) is 11.6. The zero-order chi connectivity index (χ0) is 18.7. The van der Waals surface area contributed by atoms with Gasteiger partial charge in [-0.2, -0.15) is 11.8 Å². The number of rotatable bonds is 9. The van der Waals surface area contributed by atoms with E-state index in [2.05, 4.69) is 15.6 Å². The fraction of sp³-hybridized carbons (Fsp3) is 0.529. The molecule has 140 valence electrons. The number of benzene rings is 1. The van der Waals surface area contributed by atoms with Crippen LogP contribution in [0.2, 0.25) is 0 Å². The molecule has 0 aliphatic carbocycles. The Kier molecular flexibility index (Phi) is 9.76. The van der Waals surface area contributed by atoms with E-state index in [1.54, 1.807) is 38.0 Å². The third-order valence-corrected chi connectivity index (χ3v) is 3.79. The average molecular weight is 370 g/mol. The van der Waals surface area contributed by atoms with Gasteiger partial charge in [0.1, 0.15) is 24.2 Å². The maximum absolute atomic E-state index is 12.9. The molecule has 0 aliphatic heterocycles. The molecule has 0 aromatic heterocycles. The highest BCUT2D eigenvalue weighted by molar-refractivity contribution is 7.98. The van der Waals surface area contributed by atoms with Crippen molar-refractivity contribution in [3.8, 4) is 5.75 Å². The summed E-state index contributed by atoms with van der Waals surface area (Å²) in [5.41, 5.74) is 0. The van der Waals surface area contributed by atoms with Gasteiger partial charge in [-0.25, -0.2) is 9.38 Å². The average Bonchev–Trinajstić information content (AvgIpc) is 2.58. The highest BCUT2D eigenvalue weighted by atomic mass is 32.2. The Morgan fingerprint density at radius 3 is 2.60 bits per heavy atom. The summed E-state index contributed by atoms with van der Waals surface area (Å²) in [6, 6.07) is 5.90. The normalized spacial score (nSPS) is 12.4. The van der Waals surface area contributed by atoms with Crippen molar-refractivity contribution in [1.82, 2.24) is 15.5 Å². The van der Waals surface area contributed by atoms with Crippen LogP contribution in [0.1, 0.15) is 6.92 Å². The summed E-state index contributed by atoms with van der Waals surface area (Å²) in [5.74, 6) is 1.74. The number of halogens is 1. The number of nitrogens with zero attached hydrogens (tertiary/aromatic N) is 2. The number of guanidine groups is 1. The SMILES string of the molecule is CSCCNC(=NCC(=O)N(C)C)NCC(C)Oc1ccc(F)cc1. The van der Waals surface area contributed by atoms with Crippen molar-refractivity contribution in [2.75, 3.05) is 45.7 Å². The largest absolute Gasteiger partial charge is 0.489 e. The maximum Gasteiger partial charge on any atom is 0.243 e. The van der Waals surface area contributed by atoms with E-state index in [0.29, 0.717) is 18.3 Å². The summed E-state index contributed by atoms with van der Waals surface area (Å²) in [5, 5.41) is 6.35. The van der Waals surface area contributed by atoms with E-state index in [-0.39, 0.29) is 24.4 Å². The van der Waals surface area contributed by atoms with Crippen LogP contribution in [-0.4, -0.2) is 68.6 Å². The summed E-state index contributed by atoms with van der Waals surface area (Å²) in [6.07, 6.45) is 1.88. The molecule has 0 radical (unpaired) electrons. The van der Waals surface area contributed by atoms with E-state index in [9.17, 15) is 9.18 Å². The monoisotopic (exact) mass is 370 g/mol. The topological polar surface area (TPSA) is 66.0 Å². The lowest BCUT2D eigenvalue weighted by Gasteiger charge is -2.18. The number of carbonyl (C=O) groups excluding carboxylic acids is 1. The summed E-state index contributed by atoms with van der Waals surface area (Å²) in [4.78, 5) is 17.5. The number of thioether (sulfide) groups is 1. The van der Waals surface area contributed by atoms with Gasteiger partial charge in [0.2, 0.25) is 5.91 Å². The fourth-order valence-electron chi connectivity index (χ4n) is 1.76. The third-order valence-electron chi connectivity index (χ3n) is 3.18. The molecule has 0 saturated heterocycles. The minimum Gasteiger partial charge on any atom is -0.489 e. The Hall–Kier alpha value is -1.96. The van der Waals surface area contributed by atoms with Gasteiger partial charge in [0.25, 0.3) is 0 Å². The highest BCUT2D eigenvalue weighted by Gasteiger charge is 2.08. The number of carbonyl (C=O) groups is 1.